The summed E-state index contributed by atoms with van der Waals surface area (Å²) in [7, 11) is 0. The second kappa shape index (κ2) is 12.1. The molecule has 0 aliphatic heterocycles. The number of halogens is 4. The Kier molecular flexibility index (Phi) is 7.84. The lowest BCUT2D eigenvalue weighted by atomic mass is 10.1. The average molecular weight is 650 g/mol. The zero-order valence-electron chi connectivity index (χ0n) is 23.3. The molecule has 7 aromatic carbocycles. The van der Waals surface area contributed by atoms with Gasteiger partial charge in [-0.2, -0.15) is 0 Å². The zero-order chi connectivity index (χ0) is 30.2. The Morgan fingerprint density at radius 3 is 1.11 bits per heavy atom. The van der Waals surface area contributed by atoms with Crippen molar-refractivity contribution in [3.05, 3.63) is 166 Å². The van der Waals surface area contributed by atoms with Crippen LogP contribution in [0.25, 0.3) is 21.5 Å². The van der Waals surface area contributed by atoms with Gasteiger partial charge in [0.2, 0.25) is 0 Å². The third kappa shape index (κ3) is 5.58. The Labute approximate surface area is 276 Å². The molecule has 0 fully saturated rings. The molecule has 0 aliphatic carbocycles. The first-order chi connectivity index (χ1) is 21.4. The van der Waals surface area contributed by atoms with Crippen molar-refractivity contribution in [2.75, 3.05) is 9.80 Å². The van der Waals surface area contributed by atoms with E-state index in [2.05, 4.69) is 82.6 Å². The molecule has 0 saturated heterocycles. The molecule has 7 rings (SSSR count). The molecule has 0 amide bonds. The summed E-state index contributed by atoms with van der Waals surface area (Å²) in [5.41, 5.74) is 5.90. The van der Waals surface area contributed by atoms with Crippen LogP contribution < -0.4 is 9.80 Å². The minimum absolute atomic E-state index is 0.663. The second-order valence-corrected chi connectivity index (χ2v) is 12.2. The summed E-state index contributed by atoms with van der Waals surface area (Å²) in [5, 5.41) is 7.00. The number of nitrogens with zero attached hydrogens (tertiary/aromatic N) is 2. The van der Waals surface area contributed by atoms with E-state index >= 15 is 0 Å². The number of benzene rings is 7. The summed E-state index contributed by atoms with van der Waals surface area (Å²) in [4.78, 5) is 4.44. The molecule has 44 heavy (non-hydrogen) atoms. The minimum atomic E-state index is 0.663. The Bertz CT molecular complexity index is 1990. The van der Waals surface area contributed by atoms with Crippen molar-refractivity contribution in [2.24, 2.45) is 0 Å². The summed E-state index contributed by atoms with van der Waals surface area (Å²) in [6.45, 7) is 0. The van der Waals surface area contributed by atoms with Crippen molar-refractivity contribution >= 4 is 102 Å². The molecule has 0 heterocycles. The molecule has 0 spiro atoms. The maximum Gasteiger partial charge on any atom is 0.0540 e. The zero-order valence-corrected chi connectivity index (χ0v) is 26.3. The topological polar surface area (TPSA) is 6.48 Å². The van der Waals surface area contributed by atoms with Crippen LogP contribution in [-0.4, -0.2) is 0 Å². The Morgan fingerprint density at radius 2 is 0.705 bits per heavy atom. The summed E-state index contributed by atoms with van der Waals surface area (Å²) in [6, 6.07) is 48.7. The molecule has 2 nitrogen and oxygen atoms in total. The predicted molar refractivity (Wildman–Crippen MR) is 191 cm³/mol. The molecule has 0 N–H and O–H groups in total. The third-order valence-electron chi connectivity index (χ3n) is 7.62. The van der Waals surface area contributed by atoms with Crippen LogP contribution in [0.1, 0.15) is 0 Å². The lowest BCUT2D eigenvalue weighted by molar-refractivity contribution is 1.27. The van der Waals surface area contributed by atoms with Crippen molar-refractivity contribution in [1.29, 1.82) is 0 Å². The fraction of sp³-hybridized carbons (Fsp3) is 0. The van der Waals surface area contributed by atoms with Gasteiger partial charge in [0.1, 0.15) is 0 Å². The maximum atomic E-state index is 6.51. The van der Waals surface area contributed by atoms with Gasteiger partial charge in [0, 0.05) is 53.6 Å². The van der Waals surface area contributed by atoms with Gasteiger partial charge >= 0.3 is 0 Å². The van der Waals surface area contributed by atoms with Gasteiger partial charge < -0.3 is 9.80 Å². The lowest BCUT2D eigenvalue weighted by Crippen LogP contribution is -2.12. The van der Waals surface area contributed by atoms with Gasteiger partial charge in [0.05, 0.1) is 11.4 Å². The second-order valence-electron chi connectivity index (χ2n) is 10.4. The SMILES string of the molecule is Clc1cccc(N(c2ccc(N(c3cccc(Cl)c3)c3cccc4cc(Cl)ccc34)cc2)c2cccc3cc(Cl)ccc23)c1. The van der Waals surface area contributed by atoms with E-state index < -0.39 is 0 Å². The van der Waals surface area contributed by atoms with Gasteiger partial charge in [0.25, 0.3) is 0 Å². The van der Waals surface area contributed by atoms with Crippen LogP contribution in [0.2, 0.25) is 20.1 Å². The first-order valence-electron chi connectivity index (χ1n) is 14.0. The standard InChI is InChI=1S/C38H24Cl4N2/c39-27-7-3-9-33(23-27)43(37-11-1-5-25-21-29(41)13-19-35(25)37)31-15-17-32(18-16-31)44(34-10-4-8-28(40)24-34)38-12-2-6-26-22-30(42)14-20-36(26)38/h1-24H. The highest BCUT2D eigenvalue weighted by Crippen LogP contribution is 2.43. The quantitative estimate of drug-likeness (QED) is 0.177. The largest absolute Gasteiger partial charge is 0.310 e. The molecule has 0 saturated carbocycles. The molecule has 6 heteroatoms. The van der Waals surface area contributed by atoms with Crippen LogP contribution in [0.3, 0.4) is 0 Å². The maximum absolute atomic E-state index is 6.51. The first kappa shape index (κ1) is 28.6. The van der Waals surface area contributed by atoms with Crippen molar-refractivity contribution in [2.45, 2.75) is 0 Å². The third-order valence-corrected chi connectivity index (χ3v) is 8.56. The van der Waals surface area contributed by atoms with E-state index in [1.165, 1.54) is 0 Å². The van der Waals surface area contributed by atoms with Crippen LogP contribution in [0.4, 0.5) is 34.1 Å². The predicted octanol–water partition coefficient (Wildman–Crippen LogP) is 13.5. The normalized spacial score (nSPS) is 11.2. The molecule has 214 valence electrons. The fourth-order valence-electron chi connectivity index (χ4n) is 5.70. The summed E-state index contributed by atoms with van der Waals surface area (Å²) in [5.74, 6) is 0. The molecule has 0 unspecified atom stereocenters. The number of hydrogen-bond donors (Lipinski definition) is 0. The Hall–Kier alpha value is -4.18. The van der Waals surface area contributed by atoms with Crippen LogP contribution in [0.5, 0.6) is 0 Å². The highest BCUT2D eigenvalue weighted by Gasteiger charge is 2.19. The molecular weight excluding hydrogens is 626 g/mol. The fourth-order valence-corrected chi connectivity index (χ4v) is 6.43. The van der Waals surface area contributed by atoms with Crippen molar-refractivity contribution in [3.8, 4) is 0 Å². The summed E-state index contributed by atoms with van der Waals surface area (Å²) >= 11 is 25.7. The number of hydrogen-bond acceptors (Lipinski definition) is 2. The molecule has 0 aromatic heterocycles. The van der Waals surface area contributed by atoms with E-state index in [0.717, 1.165) is 55.7 Å². The molecule has 0 aliphatic rings. The minimum Gasteiger partial charge on any atom is -0.310 e. The van der Waals surface area contributed by atoms with Crippen LogP contribution in [0.15, 0.2) is 146 Å². The highest BCUT2D eigenvalue weighted by molar-refractivity contribution is 6.32. The number of anilines is 6. The van der Waals surface area contributed by atoms with Gasteiger partial charge in [-0.05, 0) is 108 Å². The average Bonchev–Trinajstić information content (AvgIpc) is 3.02. The van der Waals surface area contributed by atoms with Gasteiger partial charge in [-0.1, -0.05) is 94.9 Å². The smallest absolute Gasteiger partial charge is 0.0540 e. The van der Waals surface area contributed by atoms with Crippen molar-refractivity contribution in [1.82, 2.24) is 0 Å². The Morgan fingerprint density at radius 1 is 0.318 bits per heavy atom. The molecule has 0 bridgehead atoms. The summed E-state index contributed by atoms with van der Waals surface area (Å²) < 4.78 is 0. The Balaban J connectivity index is 1.40. The van der Waals surface area contributed by atoms with Gasteiger partial charge in [0.15, 0.2) is 0 Å². The van der Waals surface area contributed by atoms with E-state index in [9.17, 15) is 0 Å². The van der Waals surface area contributed by atoms with E-state index in [0.29, 0.717) is 20.1 Å². The van der Waals surface area contributed by atoms with Crippen LogP contribution in [0, 0.1) is 0 Å². The number of rotatable bonds is 6. The lowest BCUT2D eigenvalue weighted by Gasteiger charge is -2.29. The van der Waals surface area contributed by atoms with Crippen LogP contribution >= 0.6 is 46.4 Å². The van der Waals surface area contributed by atoms with Gasteiger partial charge in [-0.15, -0.1) is 0 Å². The molecule has 0 radical (unpaired) electrons. The van der Waals surface area contributed by atoms with E-state index in [1.54, 1.807) is 0 Å². The van der Waals surface area contributed by atoms with E-state index in [-0.39, 0.29) is 0 Å². The molecular formula is C38H24Cl4N2. The highest BCUT2D eigenvalue weighted by atomic mass is 35.5. The van der Waals surface area contributed by atoms with Crippen molar-refractivity contribution < 1.29 is 0 Å². The number of fused-ring (bicyclic) bond motifs is 2. The van der Waals surface area contributed by atoms with Crippen molar-refractivity contribution in [3.63, 3.8) is 0 Å². The monoisotopic (exact) mass is 648 g/mol. The van der Waals surface area contributed by atoms with E-state index in [4.69, 9.17) is 46.4 Å². The molecule has 7 aromatic rings. The summed E-state index contributed by atoms with van der Waals surface area (Å²) in [6.07, 6.45) is 0. The van der Waals surface area contributed by atoms with Gasteiger partial charge in [-0.3, -0.25) is 0 Å². The van der Waals surface area contributed by atoms with E-state index in [1.807, 2.05) is 72.8 Å². The first-order valence-corrected chi connectivity index (χ1v) is 15.5. The molecule has 0 atom stereocenters. The van der Waals surface area contributed by atoms with Crippen LogP contribution in [-0.2, 0) is 0 Å². The van der Waals surface area contributed by atoms with Gasteiger partial charge in [-0.25, -0.2) is 0 Å².